The summed E-state index contributed by atoms with van der Waals surface area (Å²) in [6, 6.07) is 0. The summed E-state index contributed by atoms with van der Waals surface area (Å²) in [6.07, 6.45) is 8.85. The van der Waals surface area contributed by atoms with Gasteiger partial charge in [-0.05, 0) is 51.9 Å². The van der Waals surface area contributed by atoms with Crippen molar-refractivity contribution in [2.24, 2.45) is 0 Å². The van der Waals surface area contributed by atoms with Gasteiger partial charge in [0.1, 0.15) is 0 Å². The highest BCUT2D eigenvalue weighted by atomic mass is 16.3. The lowest BCUT2D eigenvalue weighted by molar-refractivity contribution is 0.334. The fraction of sp³-hybridized carbons (Fsp3) is 0.231. The van der Waals surface area contributed by atoms with Crippen molar-refractivity contribution in [2.75, 3.05) is 6.61 Å². The van der Waals surface area contributed by atoms with E-state index in [-0.39, 0.29) is 6.61 Å². The van der Waals surface area contributed by atoms with Gasteiger partial charge < -0.3 is 5.11 Å². The summed E-state index contributed by atoms with van der Waals surface area (Å²) in [5.41, 5.74) is 9.90. The highest BCUT2D eigenvalue weighted by molar-refractivity contribution is 5.81. The number of rotatable bonds is 1. The lowest BCUT2D eigenvalue weighted by Crippen LogP contribution is -1.96. The first kappa shape index (κ1) is 7.02. The molecule has 4 bridgehead atoms. The Morgan fingerprint density at radius 2 is 1.79 bits per heavy atom. The quantitative estimate of drug-likeness (QED) is 0.616. The molecule has 0 aromatic carbocycles. The first-order chi connectivity index (χ1) is 6.88. The molecule has 14 heavy (non-hydrogen) atoms. The van der Waals surface area contributed by atoms with Gasteiger partial charge in [0.05, 0.1) is 6.61 Å². The van der Waals surface area contributed by atoms with E-state index in [1.165, 1.54) is 33.4 Å². The van der Waals surface area contributed by atoms with Crippen LogP contribution < -0.4 is 0 Å². The van der Waals surface area contributed by atoms with Crippen LogP contribution in [0.3, 0.4) is 0 Å². The summed E-state index contributed by atoms with van der Waals surface area (Å²) in [4.78, 5) is 0. The molecule has 0 aromatic heterocycles. The second-order valence-electron chi connectivity index (χ2n) is 4.32. The van der Waals surface area contributed by atoms with Gasteiger partial charge in [0, 0.05) is 0 Å². The van der Waals surface area contributed by atoms with Gasteiger partial charge in [-0.1, -0.05) is 18.2 Å². The molecule has 68 valence electrons. The van der Waals surface area contributed by atoms with Gasteiger partial charge in [0.15, 0.2) is 0 Å². The SMILES string of the molecule is OCC1=C2CC(=C1)C1=C2C2=CC=C1C2. The zero-order valence-electron chi connectivity index (χ0n) is 7.80. The van der Waals surface area contributed by atoms with Gasteiger partial charge in [-0.2, -0.15) is 0 Å². The third-order valence-electron chi connectivity index (χ3n) is 3.66. The van der Waals surface area contributed by atoms with Crippen LogP contribution in [0.5, 0.6) is 0 Å². The fourth-order valence-corrected chi connectivity index (χ4v) is 3.10. The van der Waals surface area contributed by atoms with Crippen LogP contribution >= 0.6 is 0 Å². The molecular weight excluding hydrogens is 172 g/mol. The van der Waals surface area contributed by atoms with Crippen LogP contribution in [0.4, 0.5) is 0 Å². The molecule has 1 N–H and O–H groups in total. The number of fused-ring (bicyclic) bond motifs is 8. The largest absolute Gasteiger partial charge is 0.392 e. The molecule has 0 radical (unpaired) electrons. The van der Waals surface area contributed by atoms with Gasteiger partial charge in [-0.3, -0.25) is 0 Å². The Kier molecular flexibility index (Phi) is 1.01. The van der Waals surface area contributed by atoms with Crippen LogP contribution in [0.1, 0.15) is 12.8 Å². The summed E-state index contributed by atoms with van der Waals surface area (Å²) in [5.74, 6) is 0. The third-order valence-corrected chi connectivity index (χ3v) is 3.66. The van der Waals surface area contributed by atoms with E-state index in [2.05, 4.69) is 18.2 Å². The van der Waals surface area contributed by atoms with Crippen LogP contribution in [0, 0.1) is 0 Å². The zero-order chi connectivity index (χ0) is 9.28. The zero-order valence-corrected chi connectivity index (χ0v) is 7.80. The topological polar surface area (TPSA) is 20.2 Å². The lowest BCUT2D eigenvalue weighted by atomic mass is 9.96. The Morgan fingerprint density at radius 3 is 2.57 bits per heavy atom. The fourth-order valence-electron chi connectivity index (χ4n) is 3.10. The molecule has 4 aliphatic rings. The summed E-state index contributed by atoms with van der Waals surface area (Å²) < 4.78 is 0. The van der Waals surface area contributed by atoms with Crippen LogP contribution in [-0.4, -0.2) is 11.7 Å². The first-order valence-electron chi connectivity index (χ1n) is 5.07. The van der Waals surface area contributed by atoms with Crippen molar-refractivity contribution in [3.63, 3.8) is 0 Å². The predicted molar refractivity (Wildman–Crippen MR) is 54.6 cm³/mol. The Labute approximate surface area is 82.4 Å². The van der Waals surface area contributed by atoms with Crippen molar-refractivity contribution < 1.29 is 5.11 Å². The van der Waals surface area contributed by atoms with E-state index in [4.69, 9.17) is 0 Å². The van der Waals surface area contributed by atoms with Crippen LogP contribution in [0.25, 0.3) is 0 Å². The van der Waals surface area contributed by atoms with E-state index in [9.17, 15) is 5.11 Å². The van der Waals surface area contributed by atoms with Gasteiger partial charge in [0.2, 0.25) is 0 Å². The number of hydrogen-bond acceptors (Lipinski definition) is 1. The highest BCUT2D eigenvalue weighted by Gasteiger charge is 2.39. The maximum absolute atomic E-state index is 9.22. The summed E-state index contributed by atoms with van der Waals surface area (Å²) in [6.45, 7) is 0.196. The minimum Gasteiger partial charge on any atom is -0.392 e. The monoisotopic (exact) mass is 182 g/mol. The molecule has 0 saturated heterocycles. The minimum atomic E-state index is 0.196. The smallest absolute Gasteiger partial charge is 0.0684 e. The normalized spacial score (nSPS) is 25.9. The standard InChI is InChI=1S/C13H10O/c14-6-10-4-9-5-11(10)13-8-2-1-7(3-8)12(9)13/h1-2,4,14H,3,5-6H2. The molecule has 0 fully saturated rings. The van der Waals surface area contributed by atoms with E-state index in [1.54, 1.807) is 0 Å². The maximum Gasteiger partial charge on any atom is 0.0684 e. The number of allylic oxidation sites excluding steroid dienone is 8. The second-order valence-corrected chi connectivity index (χ2v) is 4.32. The minimum absolute atomic E-state index is 0.196. The van der Waals surface area contributed by atoms with Crippen LogP contribution in [0.15, 0.2) is 57.2 Å². The van der Waals surface area contributed by atoms with Crippen molar-refractivity contribution in [3.05, 3.63) is 57.2 Å². The molecule has 1 heteroatoms. The molecule has 0 amide bonds. The molecule has 4 rings (SSSR count). The Morgan fingerprint density at radius 1 is 1.00 bits per heavy atom. The van der Waals surface area contributed by atoms with Gasteiger partial charge >= 0.3 is 0 Å². The summed E-state index contributed by atoms with van der Waals surface area (Å²) in [7, 11) is 0. The average Bonchev–Trinajstić information content (AvgIpc) is 2.94. The lowest BCUT2D eigenvalue weighted by Gasteiger charge is -2.09. The summed E-state index contributed by atoms with van der Waals surface area (Å²) in [5, 5.41) is 9.22. The van der Waals surface area contributed by atoms with Crippen LogP contribution in [-0.2, 0) is 0 Å². The molecule has 0 saturated carbocycles. The van der Waals surface area contributed by atoms with Crippen LogP contribution in [0.2, 0.25) is 0 Å². The van der Waals surface area contributed by atoms with E-state index in [1.807, 2.05) is 0 Å². The number of hydrogen-bond donors (Lipinski definition) is 1. The van der Waals surface area contributed by atoms with E-state index in [0.29, 0.717) is 0 Å². The van der Waals surface area contributed by atoms with Gasteiger partial charge in [0.25, 0.3) is 0 Å². The molecular formula is C13H10O. The molecule has 0 aromatic rings. The molecule has 0 heterocycles. The van der Waals surface area contributed by atoms with Crippen molar-refractivity contribution in [3.8, 4) is 0 Å². The van der Waals surface area contributed by atoms with Gasteiger partial charge in [-0.25, -0.2) is 0 Å². The van der Waals surface area contributed by atoms with Crippen molar-refractivity contribution in [1.82, 2.24) is 0 Å². The van der Waals surface area contributed by atoms with Crippen molar-refractivity contribution >= 4 is 0 Å². The van der Waals surface area contributed by atoms with E-state index < -0.39 is 0 Å². The molecule has 4 aliphatic carbocycles. The van der Waals surface area contributed by atoms with Crippen molar-refractivity contribution in [2.45, 2.75) is 12.8 Å². The van der Waals surface area contributed by atoms with Gasteiger partial charge in [-0.15, -0.1) is 0 Å². The van der Waals surface area contributed by atoms with E-state index >= 15 is 0 Å². The Balaban J connectivity index is 2.03. The first-order valence-corrected chi connectivity index (χ1v) is 5.07. The molecule has 0 unspecified atom stereocenters. The highest BCUT2D eigenvalue weighted by Crippen LogP contribution is 2.56. The Hall–Kier alpha value is -1.34. The van der Waals surface area contributed by atoms with Crippen molar-refractivity contribution in [1.29, 1.82) is 0 Å². The number of aliphatic hydroxyl groups excluding tert-OH is 1. The third kappa shape index (κ3) is 0.573. The second kappa shape index (κ2) is 2.01. The predicted octanol–water partition coefficient (Wildman–Crippen LogP) is 2.19. The molecule has 0 spiro atoms. The summed E-state index contributed by atoms with van der Waals surface area (Å²) >= 11 is 0. The molecule has 0 aliphatic heterocycles. The Bertz CT molecular complexity index is 521. The maximum atomic E-state index is 9.22. The molecule has 0 atom stereocenters. The average molecular weight is 182 g/mol. The molecule has 1 nitrogen and oxygen atoms in total. The van der Waals surface area contributed by atoms with E-state index in [0.717, 1.165) is 18.4 Å². The number of aliphatic hydroxyl groups is 1.